The maximum Gasteiger partial charge on any atom is 0.142 e. The third kappa shape index (κ3) is 4.58. The van der Waals surface area contributed by atoms with Crippen LogP contribution in [0.15, 0.2) is 48.5 Å². The van der Waals surface area contributed by atoms with Crippen molar-refractivity contribution in [1.29, 1.82) is 0 Å². The number of halogens is 3. The van der Waals surface area contributed by atoms with E-state index in [0.717, 1.165) is 24.0 Å². The minimum atomic E-state index is -0.359. The molecule has 106 valence electrons. The normalized spacial score (nSPS) is 11.0. The summed E-state index contributed by atoms with van der Waals surface area (Å²) in [5.74, 6) is -0.359. The molecule has 20 heavy (non-hydrogen) atoms. The van der Waals surface area contributed by atoms with Crippen LogP contribution in [0.1, 0.15) is 11.1 Å². The van der Waals surface area contributed by atoms with Crippen molar-refractivity contribution in [2.75, 3.05) is 11.9 Å². The molecule has 0 aromatic heterocycles. The summed E-state index contributed by atoms with van der Waals surface area (Å²) in [6.45, 7) is 2.45. The third-order valence-electron chi connectivity index (χ3n) is 3.04. The van der Waals surface area contributed by atoms with Crippen LogP contribution in [0.3, 0.4) is 0 Å². The van der Waals surface area contributed by atoms with Crippen LogP contribution >= 0.6 is 27.5 Å². The number of nitrogens with zero attached hydrogens (tertiary/aromatic N) is 1. The van der Waals surface area contributed by atoms with Gasteiger partial charge in [0.15, 0.2) is 0 Å². The molecule has 0 saturated heterocycles. The molecule has 0 radical (unpaired) electrons. The Bertz CT molecular complexity index is 547. The standard InChI is InChI=1S/C16H16BrClFN/c17-8-9-20(11-13-4-2-1-3-5-13)12-14-6-7-15(18)16(19)10-14/h1-7,10H,8-9,11-12H2. The molecule has 2 rings (SSSR count). The van der Waals surface area contributed by atoms with Gasteiger partial charge in [0.2, 0.25) is 0 Å². The molecule has 0 atom stereocenters. The fraction of sp³-hybridized carbons (Fsp3) is 0.250. The average Bonchev–Trinajstić information content (AvgIpc) is 2.44. The van der Waals surface area contributed by atoms with Crippen LogP contribution in [0.4, 0.5) is 4.39 Å². The van der Waals surface area contributed by atoms with Crippen molar-refractivity contribution in [3.63, 3.8) is 0 Å². The lowest BCUT2D eigenvalue weighted by atomic mass is 10.1. The highest BCUT2D eigenvalue weighted by Crippen LogP contribution is 2.17. The van der Waals surface area contributed by atoms with Crippen LogP contribution in [0.25, 0.3) is 0 Å². The van der Waals surface area contributed by atoms with Crippen molar-refractivity contribution in [3.8, 4) is 0 Å². The number of rotatable bonds is 6. The van der Waals surface area contributed by atoms with E-state index in [1.165, 1.54) is 11.6 Å². The third-order valence-corrected chi connectivity index (χ3v) is 3.70. The summed E-state index contributed by atoms with van der Waals surface area (Å²) in [7, 11) is 0. The molecule has 0 aliphatic rings. The second-order valence-corrected chi connectivity index (χ2v) is 5.83. The quantitative estimate of drug-likeness (QED) is 0.667. The zero-order chi connectivity index (χ0) is 14.4. The van der Waals surface area contributed by atoms with Crippen molar-refractivity contribution in [2.45, 2.75) is 13.1 Å². The van der Waals surface area contributed by atoms with Gasteiger partial charge in [0.1, 0.15) is 5.82 Å². The smallest absolute Gasteiger partial charge is 0.142 e. The van der Waals surface area contributed by atoms with Crippen LogP contribution in [-0.2, 0) is 13.1 Å². The molecular formula is C16H16BrClFN. The molecule has 0 heterocycles. The van der Waals surface area contributed by atoms with Gasteiger partial charge in [-0.15, -0.1) is 0 Å². The Morgan fingerprint density at radius 1 is 1.00 bits per heavy atom. The minimum Gasteiger partial charge on any atom is -0.294 e. The lowest BCUT2D eigenvalue weighted by molar-refractivity contribution is 0.274. The van der Waals surface area contributed by atoms with E-state index in [1.54, 1.807) is 6.07 Å². The van der Waals surface area contributed by atoms with Crippen LogP contribution < -0.4 is 0 Å². The van der Waals surface area contributed by atoms with Gasteiger partial charge >= 0.3 is 0 Å². The highest BCUT2D eigenvalue weighted by molar-refractivity contribution is 9.09. The molecule has 0 bridgehead atoms. The first-order valence-corrected chi connectivity index (χ1v) is 7.95. The van der Waals surface area contributed by atoms with E-state index in [-0.39, 0.29) is 10.8 Å². The van der Waals surface area contributed by atoms with Crippen molar-refractivity contribution in [1.82, 2.24) is 4.90 Å². The lowest BCUT2D eigenvalue weighted by Crippen LogP contribution is -2.24. The Labute approximate surface area is 132 Å². The molecule has 0 aliphatic carbocycles. The van der Waals surface area contributed by atoms with Crippen molar-refractivity contribution >= 4 is 27.5 Å². The summed E-state index contributed by atoms with van der Waals surface area (Å²) in [6.07, 6.45) is 0. The minimum absolute atomic E-state index is 0.170. The number of alkyl halides is 1. The Morgan fingerprint density at radius 2 is 1.70 bits per heavy atom. The highest BCUT2D eigenvalue weighted by Gasteiger charge is 2.08. The SMILES string of the molecule is Fc1cc(CN(CCBr)Cc2ccccc2)ccc1Cl. The van der Waals surface area contributed by atoms with E-state index < -0.39 is 0 Å². The molecule has 2 aromatic carbocycles. The molecule has 0 amide bonds. The molecule has 0 aliphatic heterocycles. The number of hydrogen-bond donors (Lipinski definition) is 0. The topological polar surface area (TPSA) is 3.24 Å². The summed E-state index contributed by atoms with van der Waals surface area (Å²) in [5, 5.41) is 1.06. The van der Waals surface area contributed by atoms with Gasteiger partial charge in [-0.3, -0.25) is 4.90 Å². The largest absolute Gasteiger partial charge is 0.294 e. The van der Waals surface area contributed by atoms with Gasteiger partial charge in [0, 0.05) is 25.0 Å². The van der Waals surface area contributed by atoms with Crippen LogP contribution in [0, 0.1) is 5.82 Å². The lowest BCUT2D eigenvalue weighted by Gasteiger charge is -2.21. The predicted octanol–water partition coefficient (Wildman–Crippen LogP) is 4.88. The molecule has 0 saturated carbocycles. The fourth-order valence-corrected chi connectivity index (χ4v) is 2.69. The second-order valence-electron chi connectivity index (χ2n) is 4.63. The number of benzene rings is 2. The zero-order valence-corrected chi connectivity index (χ0v) is 13.4. The van der Waals surface area contributed by atoms with Crippen LogP contribution in [-0.4, -0.2) is 16.8 Å². The van der Waals surface area contributed by atoms with E-state index in [1.807, 2.05) is 24.3 Å². The van der Waals surface area contributed by atoms with Gasteiger partial charge < -0.3 is 0 Å². The summed E-state index contributed by atoms with van der Waals surface area (Å²) in [6, 6.07) is 15.3. The van der Waals surface area contributed by atoms with Crippen LogP contribution in [0.2, 0.25) is 5.02 Å². The van der Waals surface area contributed by atoms with E-state index in [2.05, 4.69) is 33.0 Å². The number of hydrogen-bond acceptors (Lipinski definition) is 1. The molecule has 2 aromatic rings. The van der Waals surface area contributed by atoms with Gasteiger partial charge in [0.25, 0.3) is 0 Å². The first-order valence-electron chi connectivity index (χ1n) is 6.45. The van der Waals surface area contributed by atoms with Crippen molar-refractivity contribution in [3.05, 3.63) is 70.5 Å². The van der Waals surface area contributed by atoms with Gasteiger partial charge in [-0.1, -0.05) is 63.9 Å². The van der Waals surface area contributed by atoms with Crippen LogP contribution in [0.5, 0.6) is 0 Å². The van der Waals surface area contributed by atoms with Gasteiger partial charge in [-0.25, -0.2) is 4.39 Å². The molecular weight excluding hydrogens is 341 g/mol. The monoisotopic (exact) mass is 355 g/mol. The first kappa shape index (κ1) is 15.5. The van der Waals surface area contributed by atoms with E-state index in [0.29, 0.717) is 6.54 Å². The Hall–Kier alpha value is -0.900. The van der Waals surface area contributed by atoms with E-state index in [9.17, 15) is 4.39 Å². The van der Waals surface area contributed by atoms with Gasteiger partial charge in [-0.05, 0) is 23.3 Å². The Balaban J connectivity index is 2.06. The van der Waals surface area contributed by atoms with E-state index in [4.69, 9.17) is 11.6 Å². The van der Waals surface area contributed by atoms with Crippen molar-refractivity contribution < 1.29 is 4.39 Å². The molecule has 0 N–H and O–H groups in total. The predicted molar refractivity (Wildman–Crippen MR) is 85.8 cm³/mol. The molecule has 1 nitrogen and oxygen atoms in total. The average molecular weight is 357 g/mol. The second kappa shape index (κ2) is 7.77. The maximum absolute atomic E-state index is 13.5. The molecule has 0 unspecified atom stereocenters. The summed E-state index contributed by atoms with van der Waals surface area (Å²) in [4.78, 5) is 2.27. The highest BCUT2D eigenvalue weighted by atomic mass is 79.9. The van der Waals surface area contributed by atoms with Gasteiger partial charge in [-0.2, -0.15) is 0 Å². The Morgan fingerprint density at radius 3 is 2.35 bits per heavy atom. The molecule has 0 fully saturated rings. The fourth-order valence-electron chi connectivity index (χ4n) is 2.07. The Kier molecular flexibility index (Phi) is 6.02. The summed E-state index contributed by atoms with van der Waals surface area (Å²) >= 11 is 9.18. The zero-order valence-electron chi connectivity index (χ0n) is 11.0. The van der Waals surface area contributed by atoms with Crippen molar-refractivity contribution in [2.24, 2.45) is 0 Å². The molecule has 4 heteroatoms. The summed E-state index contributed by atoms with van der Waals surface area (Å²) < 4.78 is 13.5. The van der Waals surface area contributed by atoms with Gasteiger partial charge in [0.05, 0.1) is 5.02 Å². The van der Waals surface area contributed by atoms with E-state index >= 15 is 0 Å². The molecule has 0 spiro atoms. The maximum atomic E-state index is 13.5. The first-order chi connectivity index (χ1) is 9.69. The summed E-state index contributed by atoms with van der Waals surface area (Å²) in [5.41, 5.74) is 2.19.